The van der Waals surface area contributed by atoms with Crippen molar-refractivity contribution in [3.05, 3.63) is 11.6 Å². The zero-order chi connectivity index (χ0) is 25.4. The molecule has 0 radical (unpaired) electrons. The van der Waals surface area contributed by atoms with Crippen molar-refractivity contribution < 1.29 is 9.59 Å². The second-order valence-corrected chi connectivity index (χ2v) is 12.2. The van der Waals surface area contributed by atoms with Gasteiger partial charge in [0.15, 0.2) is 10.3 Å². The Morgan fingerprint density at radius 2 is 1.56 bits per heavy atom. The van der Waals surface area contributed by atoms with E-state index in [4.69, 9.17) is 9.97 Å². The molecule has 11 heteroatoms. The number of likely N-dealkylation sites (tertiary alicyclic amines) is 1. The minimum absolute atomic E-state index is 0.132. The molecule has 194 valence electrons. The van der Waals surface area contributed by atoms with E-state index in [-0.39, 0.29) is 30.3 Å². The number of aromatic nitrogens is 2. The van der Waals surface area contributed by atoms with Crippen LogP contribution in [0.25, 0.3) is 20.4 Å². The van der Waals surface area contributed by atoms with Gasteiger partial charge >= 0.3 is 0 Å². The Labute approximate surface area is 219 Å². The lowest BCUT2D eigenvalue weighted by Crippen LogP contribution is -2.53. The van der Waals surface area contributed by atoms with Gasteiger partial charge in [-0.1, -0.05) is 36.5 Å². The van der Waals surface area contributed by atoms with Crippen LogP contribution in [0.3, 0.4) is 0 Å². The molecular formula is C25H35N7O2S2. The number of carbonyl (C=O) groups is 2. The third kappa shape index (κ3) is 5.14. The molecule has 3 aromatic rings. The number of likely N-dealkylation sites (N-methyl/N-ethyl adjacent to an activating group) is 1. The first-order chi connectivity index (χ1) is 17.3. The van der Waals surface area contributed by atoms with Crippen LogP contribution in [0.4, 0.5) is 10.3 Å². The summed E-state index contributed by atoms with van der Waals surface area (Å²) in [6.07, 6.45) is 2.18. The monoisotopic (exact) mass is 529 g/mol. The van der Waals surface area contributed by atoms with Gasteiger partial charge < -0.3 is 25.3 Å². The Morgan fingerprint density at radius 1 is 0.944 bits per heavy atom. The predicted octanol–water partition coefficient (Wildman–Crippen LogP) is 3.46. The third-order valence-electron chi connectivity index (χ3n) is 7.16. The van der Waals surface area contributed by atoms with Gasteiger partial charge in [0, 0.05) is 44.8 Å². The number of aryl methyl sites for hydroxylation is 1. The van der Waals surface area contributed by atoms with Crippen LogP contribution >= 0.6 is 22.7 Å². The number of hydrogen-bond donors (Lipinski definition) is 2. The summed E-state index contributed by atoms with van der Waals surface area (Å²) in [7, 11) is 2.09. The summed E-state index contributed by atoms with van der Waals surface area (Å²) >= 11 is 3.14. The van der Waals surface area contributed by atoms with Crippen LogP contribution in [0.15, 0.2) is 6.07 Å². The molecule has 9 nitrogen and oxygen atoms in total. The van der Waals surface area contributed by atoms with E-state index >= 15 is 0 Å². The Morgan fingerprint density at radius 3 is 2.19 bits per heavy atom. The van der Waals surface area contributed by atoms with E-state index in [1.54, 1.807) is 22.7 Å². The van der Waals surface area contributed by atoms with Crippen molar-refractivity contribution in [2.24, 2.45) is 5.92 Å². The molecule has 1 atom stereocenters. The number of hydrogen-bond acceptors (Lipinski definition) is 9. The first-order valence-corrected chi connectivity index (χ1v) is 14.4. The average molecular weight is 530 g/mol. The quantitative estimate of drug-likeness (QED) is 0.484. The van der Waals surface area contributed by atoms with Crippen LogP contribution in [0.5, 0.6) is 0 Å². The molecule has 1 aromatic carbocycles. The van der Waals surface area contributed by atoms with Gasteiger partial charge in [0.2, 0.25) is 11.8 Å². The number of amides is 2. The second kappa shape index (κ2) is 10.5. The fourth-order valence-electron chi connectivity index (χ4n) is 4.87. The maximum Gasteiger partial charge on any atom is 0.245 e. The molecule has 2 fully saturated rings. The summed E-state index contributed by atoms with van der Waals surface area (Å²) in [5.41, 5.74) is 2.84. The van der Waals surface area contributed by atoms with E-state index in [0.717, 1.165) is 88.4 Å². The van der Waals surface area contributed by atoms with E-state index in [1.165, 1.54) is 0 Å². The minimum atomic E-state index is -0.308. The molecule has 4 heterocycles. The van der Waals surface area contributed by atoms with Gasteiger partial charge in [0.25, 0.3) is 0 Å². The lowest BCUT2D eigenvalue weighted by Gasteiger charge is -2.35. The molecule has 2 aliphatic rings. The van der Waals surface area contributed by atoms with Crippen molar-refractivity contribution in [3.8, 4) is 0 Å². The SMILES string of the molecule is Cc1c2nc(NCC(=O)N3CCCC3)sc2cc2sc(NC(C(=O)N3CCN(C)CC3)C(C)C)nc12. The third-order valence-corrected chi connectivity index (χ3v) is 9.05. The Kier molecular flexibility index (Phi) is 7.32. The molecule has 2 aromatic heterocycles. The fourth-order valence-corrected chi connectivity index (χ4v) is 6.90. The molecular weight excluding hydrogens is 494 g/mol. The largest absolute Gasteiger partial charge is 0.352 e. The summed E-state index contributed by atoms with van der Waals surface area (Å²) < 4.78 is 2.14. The van der Waals surface area contributed by atoms with E-state index in [9.17, 15) is 9.59 Å². The highest BCUT2D eigenvalue weighted by Crippen LogP contribution is 2.37. The summed E-state index contributed by atoms with van der Waals surface area (Å²) in [5, 5.41) is 8.20. The van der Waals surface area contributed by atoms with Crippen LogP contribution in [-0.2, 0) is 9.59 Å². The van der Waals surface area contributed by atoms with Crippen molar-refractivity contribution in [2.75, 3.05) is 63.5 Å². The molecule has 2 aliphatic heterocycles. The minimum Gasteiger partial charge on any atom is -0.352 e. The first-order valence-electron chi connectivity index (χ1n) is 12.8. The van der Waals surface area contributed by atoms with Crippen molar-refractivity contribution in [1.82, 2.24) is 24.7 Å². The standard InChI is InChI=1S/C25H35N7O2S2/c1-15(2)20(23(34)32-11-9-30(4)10-12-32)27-25-29-22-16(3)21-17(13-18(22)36-25)35-24(28-21)26-14-19(33)31-7-5-6-8-31/h13,15,20H,5-12,14H2,1-4H3,(H,26,28)(H,27,29). The van der Waals surface area contributed by atoms with Crippen LogP contribution in [0, 0.1) is 12.8 Å². The molecule has 36 heavy (non-hydrogen) atoms. The number of carbonyl (C=O) groups excluding carboxylic acids is 2. The van der Waals surface area contributed by atoms with Crippen molar-refractivity contribution >= 4 is 65.2 Å². The number of rotatable bonds is 7. The van der Waals surface area contributed by atoms with E-state index < -0.39 is 0 Å². The van der Waals surface area contributed by atoms with E-state index in [1.807, 2.05) is 16.7 Å². The maximum atomic E-state index is 13.3. The molecule has 0 bridgehead atoms. The number of benzene rings is 1. The highest BCUT2D eigenvalue weighted by atomic mass is 32.1. The predicted molar refractivity (Wildman–Crippen MR) is 148 cm³/mol. The number of anilines is 2. The topological polar surface area (TPSA) is 93.7 Å². The summed E-state index contributed by atoms with van der Waals surface area (Å²) in [6, 6.07) is 1.82. The van der Waals surface area contributed by atoms with Gasteiger partial charge in [0.1, 0.15) is 6.04 Å². The summed E-state index contributed by atoms with van der Waals surface area (Å²) in [6.45, 7) is 11.5. The second-order valence-electron chi connectivity index (χ2n) is 10.2. The molecule has 0 saturated carbocycles. The number of fused-ring (bicyclic) bond motifs is 2. The zero-order valence-electron chi connectivity index (χ0n) is 21.5. The lowest BCUT2D eigenvalue weighted by atomic mass is 10.0. The summed E-state index contributed by atoms with van der Waals surface area (Å²) in [5.74, 6) is 0.427. The normalized spacial score (nSPS) is 17.9. The number of piperazine rings is 1. The van der Waals surface area contributed by atoms with Gasteiger partial charge in [-0.25, -0.2) is 9.97 Å². The van der Waals surface area contributed by atoms with Gasteiger partial charge in [0.05, 0.1) is 27.0 Å². The Bertz CT molecular complexity index is 1260. The van der Waals surface area contributed by atoms with Crippen molar-refractivity contribution in [2.45, 2.75) is 39.7 Å². The van der Waals surface area contributed by atoms with Crippen molar-refractivity contribution in [3.63, 3.8) is 0 Å². The Balaban J connectivity index is 1.32. The number of nitrogens with one attached hydrogen (secondary N) is 2. The van der Waals surface area contributed by atoms with E-state index in [0.29, 0.717) is 0 Å². The highest BCUT2D eigenvalue weighted by Gasteiger charge is 2.30. The zero-order valence-corrected chi connectivity index (χ0v) is 23.1. The molecule has 0 aliphatic carbocycles. The van der Waals surface area contributed by atoms with Crippen LogP contribution in [0.2, 0.25) is 0 Å². The van der Waals surface area contributed by atoms with Crippen molar-refractivity contribution in [1.29, 1.82) is 0 Å². The van der Waals surface area contributed by atoms with Crippen LogP contribution in [0.1, 0.15) is 32.3 Å². The fraction of sp³-hybridized carbons (Fsp3) is 0.600. The molecule has 5 rings (SSSR count). The molecule has 2 amide bonds. The van der Waals surface area contributed by atoms with Gasteiger partial charge in [-0.2, -0.15) is 0 Å². The summed E-state index contributed by atoms with van der Waals surface area (Å²) in [4.78, 5) is 41.5. The average Bonchev–Trinajstić information content (AvgIpc) is 3.61. The first kappa shape index (κ1) is 25.2. The Hall–Kier alpha value is -2.50. The molecule has 1 unspecified atom stereocenters. The number of thiazole rings is 2. The maximum absolute atomic E-state index is 13.3. The molecule has 2 N–H and O–H groups in total. The lowest BCUT2D eigenvalue weighted by molar-refractivity contribution is -0.134. The van der Waals surface area contributed by atoms with Gasteiger partial charge in [-0.3, -0.25) is 9.59 Å². The van der Waals surface area contributed by atoms with Gasteiger partial charge in [-0.15, -0.1) is 0 Å². The van der Waals surface area contributed by atoms with Gasteiger partial charge in [-0.05, 0) is 38.8 Å². The van der Waals surface area contributed by atoms with E-state index in [2.05, 4.69) is 42.5 Å². The van der Waals surface area contributed by atoms with Crippen LogP contribution in [-0.4, -0.2) is 95.4 Å². The molecule has 2 saturated heterocycles. The highest BCUT2D eigenvalue weighted by molar-refractivity contribution is 7.24. The molecule has 0 spiro atoms. The number of nitrogens with zero attached hydrogens (tertiary/aromatic N) is 5. The smallest absolute Gasteiger partial charge is 0.245 e. The van der Waals surface area contributed by atoms with Crippen LogP contribution < -0.4 is 10.6 Å².